The van der Waals surface area contributed by atoms with Gasteiger partial charge in [-0.1, -0.05) is 0 Å². The van der Waals surface area contributed by atoms with Gasteiger partial charge in [0.05, 0.1) is 11.2 Å². The van der Waals surface area contributed by atoms with Crippen LogP contribution in [-0.2, 0) is 0 Å². The molecule has 1 N–H and O–H groups in total. The molecule has 0 aliphatic carbocycles. The lowest BCUT2D eigenvalue weighted by Gasteiger charge is -1.99. The number of carbonyl (C=O) groups is 1. The number of nitriles is 1. The van der Waals surface area contributed by atoms with Crippen molar-refractivity contribution in [1.29, 1.82) is 5.26 Å². The molecule has 0 fully saturated rings. The van der Waals surface area contributed by atoms with Crippen LogP contribution in [0.1, 0.15) is 16.1 Å². The minimum atomic E-state index is -0.139. The highest BCUT2D eigenvalue weighted by Gasteiger charge is 2.08. The molecule has 0 aliphatic heterocycles. The van der Waals surface area contributed by atoms with Crippen LogP contribution in [0.4, 0.5) is 0 Å². The quantitative estimate of drug-likeness (QED) is 0.771. The molecule has 102 valence electrons. The molecule has 21 heavy (non-hydrogen) atoms. The van der Waals surface area contributed by atoms with Crippen LogP contribution in [0.25, 0.3) is 16.8 Å². The fourth-order valence-corrected chi connectivity index (χ4v) is 2.03. The summed E-state index contributed by atoms with van der Waals surface area (Å²) in [5, 5.41) is 15.8. The zero-order valence-corrected chi connectivity index (χ0v) is 11.2. The molecular formula is C15H11N5O. The van der Waals surface area contributed by atoms with Crippen molar-refractivity contribution in [3.05, 3.63) is 54.0 Å². The molecule has 0 radical (unpaired) electrons. The largest absolute Gasteiger partial charge is 0.355 e. The van der Waals surface area contributed by atoms with E-state index in [0.29, 0.717) is 11.3 Å². The van der Waals surface area contributed by atoms with E-state index in [0.717, 1.165) is 16.8 Å². The van der Waals surface area contributed by atoms with Gasteiger partial charge in [0.15, 0.2) is 0 Å². The highest BCUT2D eigenvalue weighted by molar-refractivity contribution is 5.95. The summed E-state index contributed by atoms with van der Waals surface area (Å²) in [5.41, 5.74) is 3.31. The standard InChI is InChI=1S/C15H11N5O/c1-17-15(21)10-4-5-20-13(6-10)7-14(19-20)11-2-3-12(8-16)18-9-11/h2-7,9H,1H3,(H,17,21). The van der Waals surface area contributed by atoms with Crippen molar-refractivity contribution in [2.75, 3.05) is 7.05 Å². The summed E-state index contributed by atoms with van der Waals surface area (Å²) < 4.78 is 1.69. The summed E-state index contributed by atoms with van der Waals surface area (Å²) in [6.07, 6.45) is 3.35. The van der Waals surface area contributed by atoms with Crippen molar-refractivity contribution in [3.63, 3.8) is 0 Å². The van der Waals surface area contributed by atoms with Crippen molar-refractivity contribution in [2.24, 2.45) is 0 Å². The summed E-state index contributed by atoms with van der Waals surface area (Å²) >= 11 is 0. The Morgan fingerprint density at radius 2 is 2.19 bits per heavy atom. The maximum Gasteiger partial charge on any atom is 0.251 e. The van der Waals surface area contributed by atoms with E-state index in [2.05, 4.69) is 15.4 Å². The average molecular weight is 277 g/mol. The van der Waals surface area contributed by atoms with Crippen molar-refractivity contribution in [3.8, 4) is 17.3 Å². The molecule has 0 aliphatic rings. The summed E-state index contributed by atoms with van der Waals surface area (Å²) in [6, 6.07) is 10.8. The Kier molecular flexibility index (Phi) is 3.09. The van der Waals surface area contributed by atoms with Gasteiger partial charge in [-0.25, -0.2) is 9.50 Å². The lowest BCUT2D eigenvalue weighted by atomic mass is 10.2. The fourth-order valence-electron chi connectivity index (χ4n) is 2.03. The molecule has 0 saturated heterocycles. The number of nitrogens with zero attached hydrogens (tertiary/aromatic N) is 4. The molecule has 0 bridgehead atoms. The molecular weight excluding hydrogens is 266 g/mol. The van der Waals surface area contributed by atoms with Crippen LogP contribution in [0.15, 0.2) is 42.7 Å². The van der Waals surface area contributed by atoms with E-state index in [1.165, 1.54) is 0 Å². The van der Waals surface area contributed by atoms with E-state index < -0.39 is 0 Å². The van der Waals surface area contributed by atoms with Gasteiger partial charge in [0.25, 0.3) is 5.91 Å². The third-order valence-electron chi connectivity index (χ3n) is 3.13. The first kappa shape index (κ1) is 12.8. The number of amides is 1. The number of hydrogen-bond donors (Lipinski definition) is 1. The number of hydrogen-bond acceptors (Lipinski definition) is 4. The Morgan fingerprint density at radius 3 is 2.86 bits per heavy atom. The molecule has 6 heteroatoms. The molecule has 0 saturated carbocycles. The Balaban J connectivity index is 2.04. The molecule has 3 aromatic heterocycles. The van der Waals surface area contributed by atoms with E-state index in [9.17, 15) is 4.79 Å². The smallest absolute Gasteiger partial charge is 0.251 e. The highest BCUT2D eigenvalue weighted by atomic mass is 16.1. The number of fused-ring (bicyclic) bond motifs is 1. The molecule has 0 spiro atoms. The highest BCUT2D eigenvalue weighted by Crippen LogP contribution is 2.19. The van der Waals surface area contributed by atoms with Gasteiger partial charge in [-0.15, -0.1) is 0 Å². The third-order valence-corrected chi connectivity index (χ3v) is 3.13. The van der Waals surface area contributed by atoms with Crippen LogP contribution < -0.4 is 5.32 Å². The molecule has 3 rings (SSSR count). The van der Waals surface area contributed by atoms with Crippen LogP contribution in [0, 0.1) is 11.3 Å². The van der Waals surface area contributed by atoms with Gasteiger partial charge in [-0.3, -0.25) is 4.79 Å². The zero-order chi connectivity index (χ0) is 14.8. The summed E-state index contributed by atoms with van der Waals surface area (Å²) in [6.45, 7) is 0. The predicted molar refractivity (Wildman–Crippen MR) is 76.5 cm³/mol. The average Bonchev–Trinajstić information content (AvgIpc) is 2.97. The van der Waals surface area contributed by atoms with E-state index >= 15 is 0 Å². The lowest BCUT2D eigenvalue weighted by molar-refractivity contribution is 0.0963. The van der Waals surface area contributed by atoms with E-state index in [-0.39, 0.29) is 5.91 Å². The van der Waals surface area contributed by atoms with E-state index in [1.54, 1.807) is 48.2 Å². The normalized spacial score (nSPS) is 10.3. The van der Waals surface area contributed by atoms with Crippen LogP contribution in [0.5, 0.6) is 0 Å². The molecule has 0 unspecified atom stereocenters. The first-order chi connectivity index (χ1) is 10.2. The van der Waals surface area contributed by atoms with Crippen LogP contribution >= 0.6 is 0 Å². The monoisotopic (exact) mass is 277 g/mol. The first-order valence-corrected chi connectivity index (χ1v) is 6.29. The summed E-state index contributed by atoms with van der Waals surface area (Å²) in [5.74, 6) is -0.139. The predicted octanol–water partition coefficient (Wildman–Crippen LogP) is 1.63. The van der Waals surface area contributed by atoms with Crippen molar-refractivity contribution < 1.29 is 4.79 Å². The second-order valence-corrected chi connectivity index (χ2v) is 4.44. The van der Waals surface area contributed by atoms with Gasteiger partial charge in [-0.05, 0) is 30.3 Å². The summed E-state index contributed by atoms with van der Waals surface area (Å²) in [4.78, 5) is 15.7. The number of carbonyl (C=O) groups excluding carboxylic acids is 1. The number of nitrogens with one attached hydrogen (secondary N) is 1. The van der Waals surface area contributed by atoms with Crippen molar-refractivity contribution in [1.82, 2.24) is 19.9 Å². The lowest BCUT2D eigenvalue weighted by Crippen LogP contribution is -2.17. The minimum absolute atomic E-state index is 0.139. The van der Waals surface area contributed by atoms with Gasteiger partial charge < -0.3 is 5.32 Å². The topological polar surface area (TPSA) is 83.1 Å². The second kappa shape index (κ2) is 5.06. The van der Waals surface area contributed by atoms with Crippen LogP contribution in [-0.4, -0.2) is 27.6 Å². The minimum Gasteiger partial charge on any atom is -0.355 e. The SMILES string of the molecule is CNC(=O)c1ccn2nc(-c3ccc(C#N)nc3)cc2c1. The van der Waals surface area contributed by atoms with Crippen molar-refractivity contribution >= 4 is 11.4 Å². The van der Waals surface area contributed by atoms with Gasteiger partial charge in [0, 0.05) is 30.6 Å². The molecule has 3 heterocycles. The maximum absolute atomic E-state index is 11.6. The Hall–Kier alpha value is -3.20. The van der Waals surface area contributed by atoms with E-state index in [4.69, 9.17) is 5.26 Å². The van der Waals surface area contributed by atoms with Gasteiger partial charge >= 0.3 is 0 Å². The molecule has 0 aromatic carbocycles. The number of aromatic nitrogens is 3. The maximum atomic E-state index is 11.6. The van der Waals surface area contributed by atoms with Crippen molar-refractivity contribution in [2.45, 2.75) is 0 Å². The Labute approximate surface area is 120 Å². The number of pyridine rings is 2. The zero-order valence-electron chi connectivity index (χ0n) is 11.2. The molecule has 0 atom stereocenters. The Morgan fingerprint density at radius 1 is 1.33 bits per heavy atom. The van der Waals surface area contributed by atoms with Crippen LogP contribution in [0.2, 0.25) is 0 Å². The number of rotatable bonds is 2. The van der Waals surface area contributed by atoms with Gasteiger partial charge in [-0.2, -0.15) is 10.4 Å². The van der Waals surface area contributed by atoms with Crippen LogP contribution in [0.3, 0.4) is 0 Å². The fraction of sp³-hybridized carbons (Fsp3) is 0.0667. The Bertz CT molecular complexity index is 858. The first-order valence-electron chi connectivity index (χ1n) is 6.29. The van der Waals surface area contributed by atoms with Gasteiger partial charge in [0.2, 0.25) is 0 Å². The molecule has 3 aromatic rings. The molecule has 1 amide bonds. The molecule has 6 nitrogen and oxygen atoms in total. The van der Waals surface area contributed by atoms with E-state index in [1.807, 2.05) is 12.1 Å². The third kappa shape index (κ3) is 2.32. The van der Waals surface area contributed by atoms with Gasteiger partial charge in [0.1, 0.15) is 11.8 Å². The summed E-state index contributed by atoms with van der Waals surface area (Å²) in [7, 11) is 1.59. The second-order valence-electron chi connectivity index (χ2n) is 4.44.